The van der Waals surface area contributed by atoms with Crippen molar-refractivity contribution >= 4 is 5.97 Å². The van der Waals surface area contributed by atoms with Gasteiger partial charge in [-0.15, -0.1) is 0 Å². The Labute approximate surface area is 82.0 Å². The lowest BCUT2D eigenvalue weighted by atomic mass is 9.95. The monoisotopic (exact) mass is 192 g/mol. The summed E-state index contributed by atoms with van der Waals surface area (Å²) >= 11 is 0. The maximum absolute atomic E-state index is 11.0. The number of nitrogens with one attached hydrogen (secondary N) is 1. The average Bonchev–Trinajstić information content (AvgIpc) is 2.16. The SMILES string of the molecule is CC1Cc2cccnc2C(C(=O)O)N1. The highest BCUT2D eigenvalue weighted by atomic mass is 16.4. The van der Waals surface area contributed by atoms with E-state index < -0.39 is 12.0 Å². The van der Waals surface area contributed by atoms with Crippen LogP contribution in [0, 0.1) is 0 Å². The van der Waals surface area contributed by atoms with Crippen LogP contribution in [0.3, 0.4) is 0 Å². The third-order valence-corrected chi connectivity index (χ3v) is 2.42. The molecule has 2 atom stereocenters. The number of aliphatic carboxylic acids is 1. The number of rotatable bonds is 1. The zero-order chi connectivity index (χ0) is 10.1. The van der Waals surface area contributed by atoms with Gasteiger partial charge in [-0.1, -0.05) is 6.07 Å². The van der Waals surface area contributed by atoms with Crippen LogP contribution in [-0.2, 0) is 11.2 Å². The van der Waals surface area contributed by atoms with Gasteiger partial charge in [0.25, 0.3) is 0 Å². The Hall–Kier alpha value is -1.42. The van der Waals surface area contributed by atoms with Gasteiger partial charge in [-0.2, -0.15) is 0 Å². The van der Waals surface area contributed by atoms with E-state index in [1.54, 1.807) is 6.20 Å². The van der Waals surface area contributed by atoms with Crippen molar-refractivity contribution < 1.29 is 9.90 Å². The smallest absolute Gasteiger partial charge is 0.327 e. The van der Waals surface area contributed by atoms with E-state index in [0.717, 1.165) is 12.0 Å². The molecule has 1 aromatic heterocycles. The Morgan fingerprint density at radius 1 is 1.71 bits per heavy atom. The summed E-state index contributed by atoms with van der Waals surface area (Å²) < 4.78 is 0. The molecule has 2 rings (SSSR count). The van der Waals surface area contributed by atoms with E-state index in [0.29, 0.717) is 5.69 Å². The Bertz CT molecular complexity index is 365. The molecule has 4 heteroatoms. The molecule has 1 aromatic rings. The van der Waals surface area contributed by atoms with Gasteiger partial charge in [0.1, 0.15) is 6.04 Å². The van der Waals surface area contributed by atoms with E-state index in [1.807, 2.05) is 19.1 Å². The van der Waals surface area contributed by atoms with Crippen LogP contribution in [0.5, 0.6) is 0 Å². The van der Waals surface area contributed by atoms with Crippen molar-refractivity contribution in [3.8, 4) is 0 Å². The van der Waals surface area contributed by atoms with Gasteiger partial charge in [0, 0.05) is 12.2 Å². The van der Waals surface area contributed by atoms with Gasteiger partial charge in [0.2, 0.25) is 0 Å². The number of hydrogen-bond donors (Lipinski definition) is 2. The van der Waals surface area contributed by atoms with Crippen molar-refractivity contribution in [2.24, 2.45) is 0 Å². The molecule has 14 heavy (non-hydrogen) atoms. The molecule has 2 unspecified atom stereocenters. The van der Waals surface area contributed by atoms with Crippen LogP contribution >= 0.6 is 0 Å². The van der Waals surface area contributed by atoms with Crippen LogP contribution in [0.15, 0.2) is 18.3 Å². The van der Waals surface area contributed by atoms with Crippen LogP contribution in [0.25, 0.3) is 0 Å². The summed E-state index contributed by atoms with van der Waals surface area (Å²) in [5.41, 5.74) is 1.68. The zero-order valence-electron chi connectivity index (χ0n) is 7.90. The van der Waals surface area contributed by atoms with E-state index in [9.17, 15) is 4.79 Å². The van der Waals surface area contributed by atoms with Crippen LogP contribution in [0.1, 0.15) is 24.2 Å². The first kappa shape index (κ1) is 9.15. The highest BCUT2D eigenvalue weighted by Crippen LogP contribution is 2.22. The number of carboxylic acid groups (broad SMARTS) is 1. The molecule has 0 bridgehead atoms. The minimum atomic E-state index is -0.864. The van der Waals surface area contributed by atoms with Gasteiger partial charge in [0.15, 0.2) is 0 Å². The first-order valence-corrected chi connectivity index (χ1v) is 4.61. The summed E-state index contributed by atoms with van der Waals surface area (Å²) in [6.45, 7) is 1.98. The van der Waals surface area contributed by atoms with E-state index in [-0.39, 0.29) is 6.04 Å². The number of carbonyl (C=O) groups is 1. The van der Waals surface area contributed by atoms with Gasteiger partial charge < -0.3 is 5.11 Å². The highest BCUT2D eigenvalue weighted by molar-refractivity contribution is 5.75. The molecule has 1 aliphatic rings. The van der Waals surface area contributed by atoms with E-state index in [1.165, 1.54) is 0 Å². The summed E-state index contributed by atoms with van der Waals surface area (Å²) in [5, 5.41) is 12.0. The van der Waals surface area contributed by atoms with E-state index >= 15 is 0 Å². The molecular weight excluding hydrogens is 180 g/mol. The number of hydrogen-bond acceptors (Lipinski definition) is 3. The van der Waals surface area contributed by atoms with Crippen LogP contribution in [0.2, 0.25) is 0 Å². The van der Waals surface area contributed by atoms with Gasteiger partial charge in [-0.3, -0.25) is 15.1 Å². The van der Waals surface area contributed by atoms with Crippen molar-refractivity contribution in [3.05, 3.63) is 29.6 Å². The molecular formula is C10H12N2O2. The molecule has 0 aliphatic carbocycles. The second-order valence-electron chi connectivity index (χ2n) is 3.59. The number of pyridine rings is 1. The molecule has 2 N–H and O–H groups in total. The van der Waals surface area contributed by atoms with Gasteiger partial charge in [0.05, 0.1) is 5.69 Å². The molecule has 0 fully saturated rings. The van der Waals surface area contributed by atoms with Crippen molar-refractivity contribution in [1.29, 1.82) is 0 Å². The summed E-state index contributed by atoms with van der Waals surface area (Å²) in [5.74, 6) is -0.864. The lowest BCUT2D eigenvalue weighted by Crippen LogP contribution is -2.41. The average molecular weight is 192 g/mol. The standard InChI is InChI=1S/C10H12N2O2/c1-6-5-7-3-2-4-11-8(7)9(12-6)10(13)14/h2-4,6,9,12H,5H2,1H3,(H,13,14). The summed E-state index contributed by atoms with van der Waals surface area (Å²) in [6.07, 6.45) is 2.47. The molecule has 0 aromatic carbocycles. The summed E-state index contributed by atoms with van der Waals surface area (Å²) in [7, 11) is 0. The predicted molar refractivity (Wildman–Crippen MR) is 50.9 cm³/mol. The van der Waals surface area contributed by atoms with Gasteiger partial charge >= 0.3 is 5.97 Å². The van der Waals surface area contributed by atoms with Crippen LogP contribution in [-0.4, -0.2) is 22.1 Å². The van der Waals surface area contributed by atoms with E-state index in [4.69, 9.17) is 5.11 Å². The Morgan fingerprint density at radius 2 is 2.50 bits per heavy atom. The maximum Gasteiger partial charge on any atom is 0.327 e. The summed E-state index contributed by atoms with van der Waals surface area (Å²) in [6, 6.07) is 3.31. The Morgan fingerprint density at radius 3 is 3.21 bits per heavy atom. The van der Waals surface area contributed by atoms with Crippen molar-refractivity contribution in [1.82, 2.24) is 10.3 Å². The third kappa shape index (κ3) is 1.48. The Balaban J connectivity index is 2.43. The highest BCUT2D eigenvalue weighted by Gasteiger charge is 2.29. The molecule has 74 valence electrons. The maximum atomic E-state index is 11.0. The van der Waals surface area contributed by atoms with Gasteiger partial charge in [-0.25, -0.2) is 0 Å². The molecule has 0 radical (unpaired) electrons. The minimum absolute atomic E-state index is 0.188. The number of nitrogens with zero attached hydrogens (tertiary/aromatic N) is 1. The van der Waals surface area contributed by atoms with E-state index in [2.05, 4.69) is 10.3 Å². The zero-order valence-corrected chi connectivity index (χ0v) is 7.90. The predicted octanol–water partition coefficient (Wildman–Crippen LogP) is 0.742. The fourth-order valence-corrected chi connectivity index (χ4v) is 1.82. The molecule has 2 heterocycles. The number of fused-ring (bicyclic) bond motifs is 1. The Kier molecular flexibility index (Phi) is 2.21. The van der Waals surface area contributed by atoms with Crippen LogP contribution in [0.4, 0.5) is 0 Å². The third-order valence-electron chi connectivity index (χ3n) is 2.42. The van der Waals surface area contributed by atoms with Crippen molar-refractivity contribution in [2.45, 2.75) is 25.4 Å². The molecule has 0 saturated heterocycles. The second kappa shape index (κ2) is 3.38. The lowest BCUT2D eigenvalue weighted by molar-refractivity contribution is -0.140. The second-order valence-corrected chi connectivity index (χ2v) is 3.59. The van der Waals surface area contributed by atoms with Crippen molar-refractivity contribution in [2.75, 3.05) is 0 Å². The first-order valence-electron chi connectivity index (χ1n) is 4.61. The fraction of sp³-hybridized carbons (Fsp3) is 0.400. The van der Waals surface area contributed by atoms with Crippen molar-refractivity contribution in [3.63, 3.8) is 0 Å². The quantitative estimate of drug-likeness (QED) is 0.689. The fourth-order valence-electron chi connectivity index (χ4n) is 1.82. The number of aromatic nitrogens is 1. The first-order chi connectivity index (χ1) is 6.68. The topological polar surface area (TPSA) is 62.2 Å². The minimum Gasteiger partial charge on any atom is -0.480 e. The summed E-state index contributed by atoms with van der Waals surface area (Å²) in [4.78, 5) is 15.1. The molecule has 1 aliphatic heterocycles. The molecule has 0 saturated carbocycles. The molecule has 0 spiro atoms. The lowest BCUT2D eigenvalue weighted by Gasteiger charge is -2.27. The normalized spacial score (nSPS) is 25.5. The molecule has 0 amide bonds. The van der Waals surface area contributed by atoms with Gasteiger partial charge in [-0.05, 0) is 25.0 Å². The van der Waals surface area contributed by atoms with Crippen LogP contribution < -0.4 is 5.32 Å². The molecule has 4 nitrogen and oxygen atoms in total. The largest absolute Gasteiger partial charge is 0.480 e. The number of carboxylic acids is 1.